The van der Waals surface area contributed by atoms with Crippen molar-refractivity contribution in [3.8, 4) is 0 Å². The number of ether oxygens (including phenoxy) is 1. The summed E-state index contributed by atoms with van der Waals surface area (Å²) in [6.07, 6.45) is 1.70. The average molecular weight is 276 g/mol. The summed E-state index contributed by atoms with van der Waals surface area (Å²) in [6.45, 7) is 2.79. The quantitative estimate of drug-likeness (QED) is 0.824. The molecule has 0 spiro atoms. The minimum Gasteiger partial charge on any atom is -0.465 e. The summed E-state index contributed by atoms with van der Waals surface area (Å²) in [5, 5.41) is 3.22. The summed E-state index contributed by atoms with van der Waals surface area (Å²) in [7, 11) is 0. The topological polar surface area (TPSA) is 51.2 Å². The molecule has 1 atom stereocenters. The molecule has 2 aromatic rings. The number of rotatable bonds is 6. The van der Waals surface area contributed by atoms with Crippen LogP contribution in [0.1, 0.15) is 23.4 Å². The number of benzene rings is 1. The molecule has 0 radical (unpaired) electrons. The number of hydrogen-bond acceptors (Lipinski definition) is 5. The van der Waals surface area contributed by atoms with Gasteiger partial charge in [-0.3, -0.25) is 10.3 Å². The summed E-state index contributed by atoms with van der Waals surface area (Å²) in [5.41, 5.74) is 2.84. The van der Waals surface area contributed by atoms with Gasteiger partial charge in [-0.05, 0) is 12.5 Å². The van der Waals surface area contributed by atoms with Crippen LogP contribution in [0.4, 0.5) is 0 Å². The number of carbonyl (C=O) groups excluding carboxylic acids is 1. The molecular formula is C14H16N2O2S. The first-order chi connectivity index (χ1) is 9.31. The van der Waals surface area contributed by atoms with E-state index in [1.165, 1.54) is 11.3 Å². The Hall–Kier alpha value is -1.72. The summed E-state index contributed by atoms with van der Waals surface area (Å²) in [6, 6.07) is 9.50. The number of thiazole rings is 1. The third-order valence-electron chi connectivity index (χ3n) is 2.61. The molecule has 1 N–H and O–H groups in total. The molecule has 0 fully saturated rings. The molecule has 1 aromatic carbocycles. The van der Waals surface area contributed by atoms with Crippen LogP contribution in [-0.4, -0.2) is 17.6 Å². The molecule has 0 saturated carbocycles. The van der Waals surface area contributed by atoms with E-state index >= 15 is 0 Å². The Balaban J connectivity index is 2.04. The number of hydrogen-bond donors (Lipinski definition) is 1. The molecule has 0 amide bonds. The van der Waals surface area contributed by atoms with Gasteiger partial charge < -0.3 is 4.74 Å². The Kier molecular flexibility index (Phi) is 5.06. The van der Waals surface area contributed by atoms with Gasteiger partial charge in [0, 0.05) is 12.7 Å². The predicted octanol–water partition coefficient (Wildman–Crippen LogP) is 2.54. The number of esters is 1. The molecule has 0 aliphatic rings. The summed E-state index contributed by atoms with van der Waals surface area (Å²) >= 11 is 1.45. The molecule has 100 valence electrons. The van der Waals surface area contributed by atoms with E-state index in [1.54, 1.807) is 18.6 Å². The number of nitrogens with one attached hydrogen (secondary N) is 1. The zero-order valence-corrected chi connectivity index (χ0v) is 11.5. The Morgan fingerprint density at radius 2 is 2.21 bits per heavy atom. The maximum Gasteiger partial charge on any atom is 0.328 e. The van der Waals surface area contributed by atoms with E-state index in [0.717, 1.165) is 10.4 Å². The lowest BCUT2D eigenvalue weighted by atomic mass is 10.2. The Morgan fingerprint density at radius 1 is 1.42 bits per heavy atom. The van der Waals surface area contributed by atoms with Crippen molar-refractivity contribution in [3.05, 3.63) is 52.5 Å². The smallest absolute Gasteiger partial charge is 0.328 e. The van der Waals surface area contributed by atoms with Crippen molar-refractivity contribution in [1.29, 1.82) is 0 Å². The van der Waals surface area contributed by atoms with Crippen LogP contribution in [0.15, 0.2) is 42.0 Å². The maximum absolute atomic E-state index is 12.0. The van der Waals surface area contributed by atoms with E-state index < -0.39 is 6.04 Å². The van der Waals surface area contributed by atoms with Gasteiger partial charge in [0.05, 0.1) is 17.0 Å². The summed E-state index contributed by atoms with van der Waals surface area (Å²) < 4.78 is 5.09. The van der Waals surface area contributed by atoms with E-state index in [4.69, 9.17) is 4.74 Å². The maximum atomic E-state index is 12.0. The van der Waals surface area contributed by atoms with E-state index in [9.17, 15) is 4.79 Å². The minimum atomic E-state index is -0.451. The molecule has 1 unspecified atom stereocenters. The number of aromatic nitrogens is 1. The minimum absolute atomic E-state index is 0.261. The van der Waals surface area contributed by atoms with Crippen molar-refractivity contribution in [2.45, 2.75) is 19.5 Å². The van der Waals surface area contributed by atoms with Crippen LogP contribution in [0.2, 0.25) is 0 Å². The van der Waals surface area contributed by atoms with Crippen molar-refractivity contribution in [3.63, 3.8) is 0 Å². The van der Waals surface area contributed by atoms with Gasteiger partial charge in [0.1, 0.15) is 6.04 Å². The van der Waals surface area contributed by atoms with Gasteiger partial charge in [0.25, 0.3) is 0 Å². The van der Waals surface area contributed by atoms with Crippen molar-refractivity contribution < 1.29 is 9.53 Å². The largest absolute Gasteiger partial charge is 0.465 e. The van der Waals surface area contributed by atoms with Crippen LogP contribution < -0.4 is 5.32 Å². The molecule has 0 aliphatic carbocycles. The Morgan fingerprint density at radius 3 is 2.84 bits per heavy atom. The summed E-state index contributed by atoms with van der Waals surface area (Å²) in [4.78, 5) is 16.8. The molecule has 4 nitrogen and oxygen atoms in total. The van der Waals surface area contributed by atoms with Crippen molar-refractivity contribution in [1.82, 2.24) is 10.3 Å². The van der Waals surface area contributed by atoms with Crippen LogP contribution >= 0.6 is 11.3 Å². The van der Waals surface area contributed by atoms with Gasteiger partial charge in [0.2, 0.25) is 0 Å². The molecule has 1 heterocycles. The second-order valence-electron chi connectivity index (χ2n) is 3.96. The molecule has 2 rings (SSSR count). The fraction of sp³-hybridized carbons (Fsp3) is 0.286. The second-order valence-corrected chi connectivity index (χ2v) is 4.87. The van der Waals surface area contributed by atoms with Gasteiger partial charge >= 0.3 is 5.97 Å². The molecule has 19 heavy (non-hydrogen) atoms. The highest BCUT2D eigenvalue weighted by atomic mass is 32.1. The fourth-order valence-corrected chi connectivity index (χ4v) is 2.39. The van der Waals surface area contributed by atoms with Crippen LogP contribution in [0, 0.1) is 0 Å². The lowest BCUT2D eigenvalue weighted by molar-refractivity contribution is -0.145. The van der Waals surface area contributed by atoms with Gasteiger partial charge in [-0.15, -0.1) is 11.3 Å². The lowest BCUT2D eigenvalue weighted by Gasteiger charge is -2.15. The second kappa shape index (κ2) is 7.01. The van der Waals surface area contributed by atoms with E-state index in [1.807, 2.05) is 30.3 Å². The highest BCUT2D eigenvalue weighted by Gasteiger charge is 2.22. The number of carbonyl (C=O) groups is 1. The first-order valence-electron chi connectivity index (χ1n) is 6.13. The van der Waals surface area contributed by atoms with Crippen molar-refractivity contribution in [2.75, 3.05) is 6.61 Å². The molecule has 0 aliphatic heterocycles. The number of nitrogens with zero attached hydrogens (tertiary/aromatic N) is 1. The molecule has 0 saturated heterocycles. The van der Waals surface area contributed by atoms with Gasteiger partial charge in [0.15, 0.2) is 0 Å². The van der Waals surface area contributed by atoms with Crippen molar-refractivity contribution in [2.24, 2.45) is 0 Å². The first kappa shape index (κ1) is 13.7. The molecular weight excluding hydrogens is 260 g/mol. The Labute approximate surface area is 116 Å². The average Bonchev–Trinajstić information content (AvgIpc) is 2.94. The fourth-order valence-electron chi connectivity index (χ4n) is 1.71. The van der Waals surface area contributed by atoms with Crippen LogP contribution in [-0.2, 0) is 16.1 Å². The lowest BCUT2D eigenvalue weighted by Crippen LogP contribution is -2.29. The van der Waals surface area contributed by atoms with Crippen LogP contribution in [0.25, 0.3) is 0 Å². The standard InChI is InChI=1S/C14H16N2O2S/c1-2-18-14(17)13(12-9-15-10-19-12)16-8-11-6-4-3-5-7-11/h3-7,9-10,13,16H,2,8H2,1H3. The Bertz CT molecular complexity index is 499. The first-order valence-corrected chi connectivity index (χ1v) is 7.01. The van der Waals surface area contributed by atoms with E-state index in [2.05, 4.69) is 10.3 Å². The third-order valence-corrected chi connectivity index (χ3v) is 3.45. The highest BCUT2D eigenvalue weighted by molar-refractivity contribution is 7.09. The van der Waals surface area contributed by atoms with Crippen LogP contribution in [0.3, 0.4) is 0 Å². The predicted molar refractivity (Wildman–Crippen MR) is 74.8 cm³/mol. The van der Waals surface area contributed by atoms with Gasteiger partial charge in [-0.2, -0.15) is 0 Å². The van der Waals surface area contributed by atoms with E-state index in [0.29, 0.717) is 13.2 Å². The monoisotopic (exact) mass is 276 g/mol. The SMILES string of the molecule is CCOC(=O)C(NCc1ccccc1)c1cncs1. The van der Waals surface area contributed by atoms with Gasteiger partial charge in [-0.25, -0.2) is 4.79 Å². The van der Waals surface area contributed by atoms with E-state index in [-0.39, 0.29) is 5.97 Å². The highest BCUT2D eigenvalue weighted by Crippen LogP contribution is 2.19. The zero-order chi connectivity index (χ0) is 13.5. The van der Waals surface area contributed by atoms with Crippen LogP contribution in [0.5, 0.6) is 0 Å². The molecule has 5 heteroatoms. The normalized spacial score (nSPS) is 12.1. The molecule has 1 aromatic heterocycles. The molecule has 0 bridgehead atoms. The zero-order valence-electron chi connectivity index (χ0n) is 10.7. The van der Waals surface area contributed by atoms with Gasteiger partial charge in [-0.1, -0.05) is 30.3 Å². The van der Waals surface area contributed by atoms with Crippen molar-refractivity contribution >= 4 is 17.3 Å². The third kappa shape index (κ3) is 3.87. The summed E-state index contributed by atoms with van der Waals surface area (Å²) in [5.74, 6) is -0.261.